The summed E-state index contributed by atoms with van der Waals surface area (Å²) < 4.78 is 21.5. The summed E-state index contributed by atoms with van der Waals surface area (Å²) in [5.41, 5.74) is 3.61. The number of benzene rings is 2. The van der Waals surface area contributed by atoms with Crippen LogP contribution in [-0.2, 0) is 0 Å². The van der Waals surface area contributed by atoms with E-state index in [9.17, 15) is 0 Å². The standard InChI is InChI=1S/C20H21NO4/c1-12(14-9-18(23-3)20(25-5)19(10-14)24-4)16-8-13-6-7-15(22-2)11-17(13)21-16/h6-11,21H,1H2,2-5H3. The number of aromatic nitrogens is 1. The Morgan fingerprint density at radius 1 is 0.840 bits per heavy atom. The molecule has 3 rings (SSSR count). The van der Waals surface area contributed by atoms with Gasteiger partial charge in [-0.2, -0.15) is 0 Å². The zero-order chi connectivity index (χ0) is 18.0. The maximum Gasteiger partial charge on any atom is 0.203 e. The fourth-order valence-corrected chi connectivity index (χ4v) is 2.81. The Labute approximate surface area is 146 Å². The summed E-state index contributed by atoms with van der Waals surface area (Å²) in [6.07, 6.45) is 0. The van der Waals surface area contributed by atoms with Crippen LogP contribution in [0.5, 0.6) is 23.0 Å². The molecule has 0 aliphatic carbocycles. The zero-order valence-corrected chi connectivity index (χ0v) is 14.8. The minimum atomic E-state index is 0.558. The predicted molar refractivity (Wildman–Crippen MR) is 99.1 cm³/mol. The Hall–Kier alpha value is -3.08. The van der Waals surface area contributed by atoms with Crippen molar-refractivity contribution in [3.8, 4) is 23.0 Å². The van der Waals surface area contributed by atoms with Gasteiger partial charge in [-0.15, -0.1) is 0 Å². The Kier molecular flexibility index (Phi) is 4.57. The molecule has 0 saturated heterocycles. The Morgan fingerprint density at radius 2 is 1.52 bits per heavy atom. The van der Waals surface area contributed by atoms with Crippen LogP contribution in [0.1, 0.15) is 11.3 Å². The summed E-state index contributed by atoms with van der Waals surface area (Å²) in [6.45, 7) is 4.22. The highest BCUT2D eigenvalue weighted by Crippen LogP contribution is 2.40. The Bertz CT molecular complexity index is 902. The second-order valence-electron chi connectivity index (χ2n) is 5.53. The lowest BCUT2D eigenvalue weighted by atomic mass is 10.0. The summed E-state index contributed by atoms with van der Waals surface area (Å²) in [5.74, 6) is 2.55. The average molecular weight is 339 g/mol. The molecule has 0 aliphatic heterocycles. The van der Waals surface area contributed by atoms with Gasteiger partial charge in [0.1, 0.15) is 5.75 Å². The van der Waals surface area contributed by atoms with E-state index in [4.69, 9.17) is 18.9 Å². The smallest absolute Gasteiger partial charge is 0.203 e. The number of methoxy groups -OCH3 is 4. The van der Waals surface area contributed by atoms with Gasteiger partial charge >= 0.3 is 0 Å². The number of ether oxygens (including phenoxy) is 4. The van der Waals surface area contributed by atoms with Crippen molar-refractivity contribution in [2.24, 2.45) is 0 Å². The van der Waals surface area contributed by atoms with Gasteiger partial charge in [0, 0.05) is 22.7 Å². The quantitative estimate of drug-likeness (QED) is 0.729. The molecular formula is C20H21NO4. The maximum absolute atomic E-state index is 5.42. The van der Waals surface area contributed by atoms with Crippen molar-refractivity contribution in [1.29, 1.82) is 0 Å². The number of H-pyrrole nitrogens is 1. The van der Waals surface area contributed by atoms with Crippen LogP contribution in [0.25, 0.3) is 16.5 Å². The molecule has 0 amide bonds. The summed E-state index contributed by atoms with van der Waals surface area (Å²) in [6, 6.07) is 11.7. The van der Waals surface area contributed by atoms with Crippen molar-refractivity contribution >= 4 is 16.5 Å². The number of fused-ring (bicyclic) bond motifs is 1. The minimum absolute atomic E-state index is 0.558. The normalized spacial score (nSPS) is 10.6. The number of hydrogen-bond acceptors (Lipinski definition) is 4. The van der Waals surface area contributed by atoms with E-state index in [1.54, 1.807) is 28.4 Å². The molecule has 2 aromatic carbocycles. The molecule has 5 heteroatoms. The van der Waals surface area contributed by atoms with Crippen LogP contribution in [0.3, 0.4) is 0 Å². The third kappa shape index (κ3) is 3.01. The molecule has 3 aromatic rings. The van der Waals surface area contributed by atoms with Gasteiger partial charge in [-0.3, -0.25) is 0 Å². The average Bonchev–Trinajstić information content (AvgIpc) is 3.08. The van der Waals surface area contributed by atoms with E-state index in [1.807, 2.05) is 30.3 Å². The lowest BCUT2D eigenvalue weighted by Gasteiger charge is -2.14. The van der Waals surface area contributed by atoms with E-state index in [0.717, 1.165) is 33.5 Å². The van der Waals surface area contributed by atoms with Gasteiger partial charge in [0.25, 0.3) is 0 Å². The van der Waals surface area contributed by atoms with E-state index in [2.05, 4.69) is 17.6 Å². The minimum Gasteiger partial charge on any atom is -0.497 e. The SMILES string of the molecule is C=C(c1cc(OC)c(OC)c(OC)c1)c1cc2ccc(OC)cc2[nH]1. The fraction of sp³-hybridized carbons (Fsp3) is 0.200. The van der Waals surface area contributed by atoms with Crippen molar-refractivity contribution in [1.82, 2.24) is 4.98 Å². The van der Waals surface area contributed by atoms with E-state index in [0.29, 0.717) is 17.2 Å². The van der Waals surface area contributed by atoms with Crippen molar-refractivity contribution in [2.75, 3.05) is 28.4 Å². The van der Waals surface area contributed by atoms with Crippen molar-refractivity contribution in [2.45, 2.75) is 0 Å². The maximum atomic E-state index is 5.42. The largest absolute Gasteiger partial charge is 0.497 e. The van der Waals surface area contributed by atoms with E-state index in [-0.39, 0.29) is 0 Å². The summed E-state index contributed by atoms with van der Waals surface area (Å²) in [7, 11) is 6.43. The van der Waals surface area contributed by atoms with Gasteiger partial charge in [0.15, 0.2) is 11.5 Å². The highest BCUT2D eigenvalue weighted by Gasteiger charge is 2.16. The molecule has 0 radical (unpaired) electrons. The van der Waals surface area contributed by atoms with Crippen molar-refractivity contribution < 1.29 is 18.9 Å². The third-order valence-corrected chi connectivity index (χ3v) is 4.17. The zero-order valence-electron chi connectivity index (χ0n) is 14.8. The number of aromatic amines is 1. The fourth-order valence-electron chi connectivity index (χ4n) is 2.81. The molecule has 0 aliphatic rings. The summed E-state index contributed by atoms with van der Waals surface area (Å²) in [4.78, 5) is 3.38. The molecule has 0 fully saturated rings. The molecule has 1 aromatic heterocycles. The molecule has 1 heterocycles. The first-order valence-electron chi connectivity index (χ1n) is 7.77. The van der Waals surface area contributed by atoms with Gasteiger partial charge in [-0.1, -0.05) is 6.58 Å². The highest BCUT2D eigenvalue weighted by molar-refractivity contribution is 5.89. The van der Waals surface area contributed by atoms with Gasteiger partial charge in [0.05, 0.1) is 28.4 Å². The van der Waals surface area contributed by atoms with Crippen molar-refractivity contribution in [3.63, 3.8) is 0 Å². The van der Waals surface area contributed by atoms with Crippen LogP contribution in [0.2, 0.25) is 0 Å². The van der Waals surface area contributed by atoms with Crippen molar-refractivity contribution in [3.05, 3.63) is 54.2 Å². The van der Waals surface area contributed by atoms with Crippen LogP contribution in [-0.4, -0.2) is 33.4 Å². The number of hydrogen-bond donors (Lipinski definition) is 1. The van der Waals surface area contributed by atoms with Gasteiger partial charge in [-0.25, -0.2) is 0 Å². The molecule has 130 valence electrons. The number of rotatable bonds is 6. The first-order valence-corrected chi connectivity index (χ1v) is 7.77. The first kappa shape index (κ1) is 16.8. The van der Waals surface area contributed by atoms with Gasteiger partial charge in [0.2, 0.25) is 5.75 Å². The Morgan fingerprint density at radius 3 is 2.08 bits per heavy atom. The lowest BCUT2D eigenvalue weighted by Crippen LogP contribution is -1.97. The highest BCUT2D eigenvalue weighted by atomic mass is 16.5. The summed E-state index contributed by atoms with van der Waals surface area (Å²) >= 11 is 0. The Balaban J connectivity index is 2.05. The first-order chi connectivity index (χ1) is 12.1. The molecule has 0 saturated carbocycles. The van der Waals surface area contributed by atoms with Crippen LogP contribution in [0.15, 0.2) is 43.0 Å². The van der Waals surface area contributed by atoms with E-state index >= 15 is 0 Å². The topological polar surface area (TPSA) is 52.7 Å². The molecular weight excluding hydrogens is 318 g/mol. The second kappa shape index (κ2) is 6.81. The monoisotopic (exact) mass is 339 g/mol. The van der Waals surface area contributed by atoms with Crippen LogP contribution in [0.4, 0.5) is 0 Å². The lowest BCUT2D eigenvalue weighted by molar-refractivity contribution is 0.324. The summed E-state index contributed by atoms with van der Waals surface area (Å²) in [5, 5.41) is 1.09. The second-order valence-corrected chi connectivity index (χ2v) is 5.53. The van der Waals surface area contributed by atoms with Crippen LogP contribution < -0.4 is 18.9 Å². The molecule has 5 nitrogen and oxygen atoms in total. The molecule has 0 atom stereocenters. The van der Waals surface area contributed by atoms with Gasteiger partial charge in [-0.05, 0) is 41.5 Å². The molecule has 0 spiro atoms. The van der Waals surface area contributed by atoms with Crippen LogP contribution >= 0.6 is 0 Å². The van der Waals surface area contributed by atoms with E-state index in [1.165, 1.54) is 0 Å². The predicted octanol–water partition coefficient (Wildman–Crippen LogP) is 4.26. The van der Waals surface area contributed by atoms with Gasteiger partial charge < -0.3 is 23.9 Å². The van der Waals surface area contributed by atoms with E-state index < -0.39 is 0 Å². The number of nitrogens with one attached hydrogen (secondary N) is 1. The molecule has 0 unspecified atom stereocenters. The molecule has 25 heavy (non-hydrogen) atoms. The molecule has 1 N–H and O–H groups in total. The third-order valence-electron chi connectivity index (χ3n) is 4.17. The van der Waals surface area contributed by atoms with Crippen LogP contribution in [0, 0.1) is 0 Å². The molecule has 0 bridgehead atoms.